The number of hydrogen-bond acceptors (Lipinski definition) is 6. The molecule has 34 heavy (non-hydrogen) atoms. The molecule has 0 heterocycles. The minimum absolute atomic E-state index is 0.103. The van der Waals surface area contributed by atoms with Crippen molar-refractivity contribution < 1.29 is 27.6 Å². The zero-order valence-electron chi connectivity index (χ0n) is 21.9. The van der Waals surface area contributed by atoms with Gasteiger partial charge in [-0.05, 0) is 18.4 Å². The Morgan fingerprint density at radius 3 is 1.94 bits per heavy atom. The van der Waals surface area contributed by atoms with Crippen molar-refractivity contribution in [2.75, 3.05) is 33.5 Å². The van der Waals surface area contributed by atoms with Crippen molar-refractivity contribution in [3.63, 3.8) is 0 Å². The van der Waals surface area contributed by atoms with Gasteiger partial charge in [0.15, 0.2) is 0 Å². The topological polar surface area (TPSA) is 63.2 Å². The van der Waals surface area contributed by atoms with Crippen molar-refractivity contribution in [1.29, 1.82) is 0 Å². The molecular formula is C27H49O6P. The second-order valence-corrected chi connectivity index (χ2v) is 10.6. The third-order valence-corrected chi connectivity index (χ3v) is 7.03. The van der Waals surface area contributed by atoms with E-state index in [2.05, 4.69) is 13.8 Å². The summed E-state index contributed by atoms with van der Waals surface area (Å²) >= 11 is 0. The predicted molar refractivity (Wildman–Crippen MR) is 139 cm³/mol. The van der Waals surface area contributed by atoms with Gasteiger partial charge in [0.1, 0.15) is 6.10 Å². The Morgan fingerprint density at radius 2 is 1.32 bits per heavy atom. The number of unbranched alkanes of at least 4 members (excludes halogenated alkanes) is 10. The van der Waals surface area contributed by atoms with Gasteiger partial charge in [-0.1, -0.05) is 108 Å². The van der Waals surface area contributed by atoms with Crippen LogP contribution in [0.1, 0.15) is 96.5 Å². The normalized spacial score (nSPS) is 14.2. The molecule has 2 atom stereocenters. The number of phosphoric acid groups is 1. The van der Waals surface area contributed by atoms with Gasteiger partial charge < -0.3 is 9.47 Å². The highest BCUT2D eigenvalue weighted by atomic mass is 31.2. The highest BCUT2D eigenvalue weighted by Gasteiger charge is 2.27. The summed E-state index contributed by atoms with van der Waals surface area (Å²) in [6.07, 6.45) is 14.3. The van der Waals surface area contributed by atoms with Crippen LogP contribution < -0.4 is 0 Å². The third kappa shape index (κ3) is 16.8. The first kappa shape index (κ1) is 31.3. The summed E-state index contributed by atoms with van der Waals surface area (Å²) in [5, 5.41) is 0. The summed E-state index contributed by atoms with van der Waals surface area (Å²) in [5.74, 6) is 0. The highest BCUT2D eigenvalue weighted by Crippen LogP contribution is 2.49. The lowest BCUT2D eigenvalue weighted by atomic mass is 10.1. The monoisotopic (exact) mass is 500 g/mol. The molecule has 0 spiro atoms. The standard InChI is InChI=1S/C27H49O6P/c1-4-6-8-10-12-17-21-30-24-27(31-22-18-13-11-9-7-5-2)25-33-34(28,29-3)32-23-26-19-15-14-16-20-26/h14-16,19-20,27H,4-13,17-18,21-25H2,1-3H3. The molecule has 0 aliphatic heterocycles. The van der Waals surface area contributed by atoms with Gasteiger partial charge in [-0.15, -0.1) is 0 Å². The van der Waals surface area contributed by atoms with Crippen LogP contribution in [0.4, 0.5) is 0 Å². The van der Waals surface area contributed by atoms with Crippen molar-refractivity contribution in [1.82, 2.24) is 0 Å². The first-order chi connectivity index (χ1) is 16.6. The first-order valence-electron chi connectivity index (χ1n) is 13.3. The summed E-state index contributed by atoms with van der Waals surface area (Å²) in [4.78, 5) is 0. The molecule has 0 radical (unpaired) electrons. The molecule has 0 saturated carbocycles. The lowest BCUT2D eigenvalue weighted by Crippen LogP contribution is -2.26. The van der Waals surface area contributed by atoms with Gasteiger partial charge in [0, 0.05) is 20.3 Å². The van der Waals surface area contributed by atoms with Gasteiger partial charge in [0.2, 0.25) is 0 Å². The molecule has 0 aliphatic rings. The molecule has 198 valence electrons. The van der Waals surface area contributed by atoms with E-state index in [0.717, 1.165) is 24.8 Å². The quantitative estimate of drug-likeness (QED) is 0.106. The number of phosphoric ester groups is 1. The van der Waals surface area contributed by atoms with E-state index in [1.54, 1.807) is 0 Å². The van der Waals surface area contributed by atoms with E-state index < -0.39 is 7.82 Å². The maximum atomic E-state index is 12.9. The van der Waals surface area contributed by atoms with Crippen LogP contribution in [0.15, 0.2) is 30.3 Å². The fourth-order valence-electron chi connectivity index (χ4n) is 3.52. The van der Waals surface area contributed by atoms with Crippen LogP contribution in [-0.2, 0) is 34.2 Å². The van der Waals surface area contributed by atoms with Gasteiger partial charge in [-0.3, -0.25) is 13.6 Å². The van der Waals surface area contributed by atoms with Crippen LogP contribution in [-0.4, -0.2) is 39.6 Å². The number of ether oxygens (including phenoxy) is 2. The molecule has 0 fully saturated rings. The van der Waals surface area contributed by atoms with Crippen molar-refractivity contribution in [2.24, 2.45) is 0 Å². The predicted octanol–water partition coefficient (Wildman–Crippen LogP) is 8.10. The molecule has 0 amide bonds. The molecule has 1 aromatic rings. The van der Waals surface area contributed by atoms with Crippen molar-refractivity contribution in [3.8, 4) is 0 Å². The molecule has 2 unspecified atom stereocenters. The molecule has 6 nitrogen and oxygen atoms in total. The molecule has 0 bridgehead atoms. The Kier molecular flexibility index (Phi) is 19.8. The summed E-state index contributed by atoms with van der Waals surface area (Å²) < 4.78 is 41.0. The van der Waals surface area contributed by atoms with Crippen LogP contribution in [0, 0.1) is 0 Å². The Balaban J connectivity index is 2.40. The van der Waals surface area contributed by atoms with Crippen LogP contribution >= 0.6 is 7.82 Å². The fraction of sp³-hybridized carbons (Fsp3) is 0.778. The van der Waals surface area contributed by atoms with Gasteiger partial charge in [0.05, 0.1) is 19.8 Å². The largest absolute Gasteiger partial charge is 0.474 e. The summed E-state index contributed by atoms with van der Waals surface area (Å²) in [7, 11) is -2.33. The molecule has 0 N–H and O–H groups in total. The molecule has 0 aliphatic carbocycles. The third-order valence-electron chi connectivity index (χ3n) is 5.67. The molecular weight excluding hydrogens is 451 g/mol. The minimum atomic E-state index is -3.67. The summed E-state index contributed by atoms with van der Waals surface area (Å²) in [6, 6.07) is 9.55. The minimum Gasteiger partial charge on any atom is -0.379 e. The number of hydrogen-bond donors (Lipinski definition) is 0. The highest BCUT2D eigenvalue weighted by molar-refractivity contribution is 7.48. The average Bonchev–Trinajstić information content (AvgIpc) is 2.87. The summed E-state index contributed by atoms with van der Waals surface area (Å²) in [5.41, 5.74) is 0.904. The van der Waals surface area contributed by atoms with E-state index in [9.17, 15) is 4.57 Å². The van der Waals surface area contributed by atoms with Crippen LogP contribution in [0.3, 0.4) is 0 Å². The van der Waals surface area contributed by atoms with E-state index in [-0.39, 0.29) is 19.3 Å². The number of rotatable bonds is 24. The molecule has 0 saturated heterocycles. The first-order valence-corrected chi connectivity index (χ1v) is 14.8. The van der Waals surface area contributed by atoms with E-state index in [1.165, 1.54) is 64.9 Å². The van der Waals surface area contributed by atoms with Crippen molar-refractivity contribution >= 4 is 7.82 Å². The molecule has 7 heteroatoms. The SMILES string of the molecule is CCCCCCCCOCC(COP(=O)(OC)OCc1ccccc1)OCCCCCCCC. The van der Waals surface area contributed by atoms with E-state index in [1.807, 2.05) is 30.3 Å². The van der Waals surface area contributed by atoms with Crippen molar-refractivity contribution in [2.45, 2.75) is 104 Å². The zero-order chi connectivity index (χ0) is 24.7. The van der Waals surface area contributed by atoms with E-state index in [4.69, 9.17) is 23.0 Å². The maximum absolute atomic E-state index is 12.9. The average molecular weight is 501 g/mol. The lowest BCUT2D eigenvalue weighted by molar-refractivity contribution is -0.0455. The zero-order valence-corrected chi connectivity index (χ0v) is 22.8. The van der Waals surface area contributed by atoms with Gasteiger partial charge in [0.25, 0.3) is 0 Å². The number of benzene rings is 1. The van der Waals surface area contributed by atoms with Gasteiger partial charge in [-0.25, -0.2) is 4.57 Å². The van der Waals surface area contributed by atoms with Crippen LogP contribution in [0.25, 0.3) is 0 Å². The van der Waals surface area contributed by atoms with Gasteiger partial charge in [-0.2, -0.15) is 0 Å². The Bertz CT molecular complexity index is 612. The molecule has 1 aromatic carbocycles. The van der Waals surface area contributed by atoms with E-state index >= 15 is 0 Å². The molecule has 0 aromatic heterocycles. The Morgan fingerprint density at radius 1 is 0.735 bits per heavy atom. The van der Waals surface area contributed by atoms with Crippen LogP contribution in [0.2, 0.25) is 0 Å². The molecule has 1 rings (SSSR count). The fourth-order valence-corrected chi connectivity index (χ4v) is 4.46. The van der Waals surface area contributed by atoms with Crippen molar-refractivity contribution in [3.05, 3.63) is 35.9 Å². The lowest BCUT2D eigenvalue weighted by Gasteiger charge is -2.21. The Labute approximate surface area is 208 Å². The second-order valence-electron chi connectivity index (χ2n) is 8.79. The van der Waals surface area contributed by atoms with Gasteiger partial charge >= 0.3 is 7.82 Å². The summed E-state index contributed by atoms with van der Waals surface area (Å²) in [6.45, 7) is 6.47. The Hall–Kier alpha value is -0.750. The smallest absolute Gasteiger partial charge is 0.379 e. The second kappa shape index (κ2) is 21.5. The van der Waals surface area contributed by atoms with Crippen LogP contribution in [0.5, 0.6) is 0 Å². The van der Waals surface area contributed by atoms with E-state index in [0.29, 0.717) is 19.8 Å². The maximum Gasteiger partial charge on any atom is 0.474 e.